The Balaban J connectivity index is 1.75. The molecule has 0 radical (unpaired) electrons. The molecule has 0 heterocycles. The van der Waals surface area contributed by atoms with Crippen LogP contribution in [-0.4, -0.2) is 9.91 Å². The van der Waals surface area contributed by atoms with E-state index in [0.717, 1.165) is 10.9 Å². The van der Waals surface area contributed by atoms with Crippen LogP contribution in [0.2, 0.25) is 0 Å². The van der Waals surface area contributed by atoms with Crippen molar-refractivity contribution in [3.63, 3.8) is 0 Å². The van der Waals surface area contributed by atoms with Crippen LogP contribution in [0.4, 0.5) is 5.69 Å². The largest absolute Gasteiger partial charge is 0.378 e. The Morgan fingerprint density at radius 3 is 2.36 bits per heavy atom. The van der Waals surface area contributed by atoms with Crippen LogP contribution in [0.5, 0.6) is 0 Å². The first-order valence-corrected chi connectivity index (χ1v) is 11.6. The first kappa shape index (κ1) is 20.1. The number of allylic oxidation sites excluding steroid dienone is 1. The van der Waals surface area contributed by atoms with E-state index in [4.69, 9.17) is 10.7 Å². The standard InChI is InChI=1S/C25H36N2S/c1-22(2)12-11-20-18(13-22)14-24(5)15-23(3,4)16-25(20,17-24)28-21(26)27-19-9-7-6-8-10-19/h6-10H,11-17H2,1-5H3,(H2,26,27). The third kappa shape index (κ3) is 3.92. The number of amidine groups is 1. The second-order valence-corrected chi connectivity index (χ2v) is 12.9. The summed E-state index contributed by atoms with van der Waals surface area (Å²) in [6.07, 6.45) is 8.85. The highest BCUT2D eigenvalue weighted by molar-refractivity contribution is 8.15. The van der Waals surface area contributed by atoms with E-state index < -0.39 is 0 Å². The van der Waals surface area contributed by atoms with E-state index in [1.807, 2.05) is 42.1 Å². The number of hydrogen-bond acceptors (Lipinski definition) is 2. The van der Waals surface area contributed by atoms with Gasteiger partial charge in [-0.15, -0.1) is 0 Å². The van der Waals surface area contributed by atoms with E-state index in [-0.39, 0.29) is 4.75 Å². The number of nitrogens with two attached hydrogens (primary N) is 1. The third-order valence-corrected chi connectivity index (χ3v) is 8.26. The minimum absolute atomic E-state index is 0.128. The zero-order valence-corrected chi connectivity index (χ0v) is 19.1. The normalized spacial score (nSPS) is 34.1. The van der Waals surface area contributed by atoms with E-state index in [2.05, 4.69) is 34.6 Å². The van der Waals surface area contributed by atoms with Gasteiger partial charge in [-0.3, -0.25) is 0 Å². The predicted molar refractivity (Wildman–Crippen MR) is 123 cm³/mol. The topological polar surface area (TPSA) is 38.4 Å². The Morgan fingerprint density at radius 1 is 0.929 bits per heavy atom. The molecule has 0 aromatic heterocycles. The molecule has 28 heavy (non-hydrogen) atoms. The molecule has 0 aliphatic heterocycles. The molecule has 2 nitrogen and oxygen atoms in total. The summed E-state index contributed by atoms with van der Waals surface area (Å²) >= 11 is 1.87. The van der Waals surface area contributed by atoms with Gasteiger partial charge in [0.1, 0.15) is 0 Å². The van der Waals surface area contributed by atoms with Gasteiger partial charge >= 0.3 is 0 Å². The Hall–Kier alpha value is -1.22. The molecule has 2 N–H and O–H groups in total. The molecule has 0 saturated heterocycles. The molecule has 2 bridgehead atoms. The molecular formula is C25H36N2S. The van der Waals surface area contributed by atoms with Crippen LogP contribution in [0.15, 0.2) is 46.5 Å². The van der Waals surface area contributed by atoms with Gasteiger partial charge in [-0.25, -0.2) is 4.99 Å². The van der Waals surface area contributed by atoms with Crippen molar-refractivity contribution in [2.45, 2.75) is 84.3 Å². The molecule has 2 atom stereocenters. The van der Waals surface area contributed by atoms with Crippen LogP contribution < -0.4 is 5.73 Å². The van der Waals surface area contributed by atoms with Crippen molar-refractivity contribution >= 4 is 22.6 Å². The van der Waals surface area contributed by atoms with Crippen molar-refractivity contribution in [3.05, 3.63) is 41.5 Å². The van der Waals surface area contributed by atoms with E-state index in [0.29, 0.717) is 16.2 Å². The number of para-hydroxylation sites is 1. The molecule has 2 unspecified atom stereocenters. The van der Waals surface area contributed by atoms with Crippen LogP contribution >= 0.6 is 11.8 Å². The maximum Gasteiger partial charge on any atom is 0.160 e. The lowest BCUT2D eigenvalue weighted by atomic mass is 9.51. The zero-order valence-electron chi connectivity index (χ0n) is 18.3. The maximum absolute atomic E-state index is 6.56. The Kier molecular flexibility index (Phi) is 4.77. The van der Waals surface area contributed by atoms with Crippen molar-refractivity contribution in [1.29, 1.82) is 0 Å². The Bertz CT molecular complexity index is 820. The van der Waals surface area contributed by atoms with Crippen LogP contribution in [0, 0.1) is 16.2 Å². The summed E-state index contributed by atoms with van der Waals surface area (Å²) in [4.78, 5) is 4.77. The van der Waals surface area contributed by atoms with Crippen LogP contribution in [0.1, 0.15) is 79.6 Å². The van der Waals surface area contributed by atoms with Crippen molar-refractivity contribution in [1.82, 2.24) is 0 Å². The van der Waals surface area contributed by atoms with Crippen LogP contribution in [0.3, 0.4) is 0 Å². The van der Waals surface area contributed by atoms with Crippen molar-refractivity contribution in [2.75, 3.05) is 0 Å². The predicted octanol–water partition coefficient (Wildman–Crippen LogP) is 7.23. The molecule has 1 aromatic rings. The Morgan fingerprint density at radius 2 is 1.64 bits per heavy atom. The number of rotatable bonds is 2. The number of nitrogens with zero attached hydrogens (tertiary/aromatic N) is 1. The summed E-state index contributed by atoms with van der Waals surface area (Å²) in [5.41, 5.74) is 12.2. The van der Waals surface area contributed by atoms with Gasteiger partial charge in [0.25, 0.3) is 0 Å². The summed E-state index contributed by atoms with van der Waals surface area (Å²) in [6, 6.07) is 10.2. The number of aliphatic imine (C=N–C) groups is 1. The molecular weight excluding hydrogens is 360 g/mol. The maximum atomic E-state index is 6.56. The van der Waals surface area contributed by atoms with Gasteiger partial charge in [-0.1, -0.05) is 75.7 Å². The summed E-state index contributed by atoms with van der Waals surface area (Å²) in [5, 5.41) is 0.727. The number of hydrogen-bond donors (Lipinski definition) is 1. The molecule has 3 heteroatoms. The second-order valence-electron chi connectivity index (χ2n) is 11.5. The SMILES string of the molecule is CC1(C)CCC2=C(C1)CC1(C)CC(C)(C)CC2(SC(N)=Nc2ccccc2)C1. The van der Waals surface area contributed by atoms with Gasteiger partial charge in [0, 0.05) is 4.75 Å². The average molecular weight is 397 g/mol. The fraction of sp³-hybridized carbons (Fsp3) is 0.640. The van der Waals surface area contributed by atoms with Gasteiger partial charge < -0.3 is 5.73 Å². The Labute approximate surface area is 175 Å². The van der Waals surface area contributed by atoms with Crippen LogP contribution in [0.25, 0.3) is 0 Å². The molecule has 1 saturated carbocycles. The number of thioether (sulfide) groups is 1. The van der Waals surface area contributed by atoms with Crippen molar-refractivity contribution in [3.8, 4) is 0 Å². The summed E-state index contributed by atoms with van der Waals surface area (Å²) in [5.74, 6) is 0. The molecule has 3 aliphatic carbocycles. The zero-order chi connectivity index (χ0) is 20.2. The van der Waals surface area contributed by atoms with Crippen molar-refractivity contribution < 1.29 is 0 Å². The monoisotopic (exact) mass is 396 g/mol. The molecule has 1 aromatic carbocycles. The minimum Gasteiger partial charge on any atom is -0.378 e. The van der Waals surface area contributed by atoms with Gasteiger partial charge in [0.15, 0.2) is 5.17 Å². The minimum atomic E-state index is 0.128. The smallest absolute Gasteiger partial charge is 0.160 e. The highest BCUT2D eigenvalue weighted by atomic mass is 32.2. The van der Waals surface area contributed by atoms with Gasteiger partial charge in [-0.2, -0.15) is 0 Å². The average Bonchev–Trinajstić information content (AvgIpc) is 2.51. The van der Waals surface area contributed by atoms with Gasteiger partial charge in [0.2, 0.25) is 0 Å². The number of fused-ring (bicyclic) bond motifs is 3. The van der Waals surface area contributed by atoms with Gasteiger partial charge in [-0.05, 0) is 73.3 Å². The van der Waals surface area contributed by atoms with Crippen LogP contribution in [-0.2, 0) is 0 Å². The summed E-state index contributed by atoms with van der Waals surface area (Å²) in [7, 11) is 0. The van der Waals surface area contributed by atoms with E-state index in [9.17, 15) is 0 Å². The molecule has 152 valence electrons. The second kappa shape index (κ2) is 6.65. The molecule has 0 spiro atoms. The first-order valence-electron chi connectivity index (χ1n) is 10.8. The fourth-order valence-corrected chi connectivity index (χ4v) is 8.58. The molecule has 1 fully saturated rings. The highest BCUT2D eigenvalue weighted by Crippen LogP contribution is 2.66. The van der Waals surface area contributed by atoms with Gasteiger partial charge in [0.05, 0.1) is 5.69 Å². The van der Waals surface area contributed by atoms with E-state index in [1.165, 1.54) is 44.9 Å². The van der Waals surface area contributed by atoms with E-state index in [1.54, 1.807) is 11.1 Å². The molecule has 3 aliphatic rings. The summed E-state index contributed by atoms with van der Waals surface area (Å²) < 4.78 is 0.128. The molecule has 4 rings (SSSR count). The summed E-state index contributed by atoms with van der Waals surface area (Å²) in [6.45, 7) is 12.3. The van der Waals surface area contributed by atoms with E-state index >= 15 is 0 Å². The highest BCUT2D eigenvalue weighted by Gasteiger charge is 2.56. The third-order valence-electron chi connectivity index (χ3n) is 7.04. The quantitative estimate of drug-likeness (QED) is 0.325. The number of benzene rings is 1. The fourth-order valence-electron chi connectivity index (χ4n) is 6.78. The molecule has 0 amide bonds. The lowest BCUT2D eigenvalue weighted by molar-refractivity contribution is 0.0610. The lowest BCUT2D eigenvalue weighted by Crippen LogP contribution is -2.51. The van der Waals surface area contributed by atoms with Crippen molar-refractivity contribution in [2.24, 2.45) is 27.0 Å². The lowest BCUT2D eigenvalue weighted by Gasteiger charge is -2.59. The first-order chi connectivity index (χ1) is 13.0.